The Labute approximate surface area is 155 Å². The molecule has 4 aromatic rings. The summed E-state index contributed by atoms with van der Waals surface area (Å²) in [4.78, 5) is 18.8. The Hall–Kier alpha value is -2.92. The third kappa shape index (κ3) is 3.26. The van der Waals surface area contributed by atoms with Crippen LogP contribution in [0.5, 0.6) is 5.75 Å². The number of nitrogens with zero attached hydrogens (tertiary/aromatic N) is 1. The molecular formula is C21H18N2O2S. The third-order valence-corrected chi connectivity index (χ3v) is 5.31. The van der Waals surface area contributed by atoms with Gasteiger partial charge in [-0.15, -0.1) is 11.3 Å². The summed E-state index contributed by atoms with van der Waals surface area (Å²) >= 11 is 1.42. The summed E-state index contributed by atoms with van der Waals surface area (Å²) in [6.45, 7) is 2.52. The highest BCUT2D eigenvalue weighted by Gasteiger charge is 2.12. The molecule has 130 valence electrons. The van der Waals surface area contributed by atoms with Crippen molar-refractivity contribution in [3.05, 3.63) is 70.6 Å². The van der Waals surface area contributed by atoms with Crippen LogP contribution in [0.15, 0.2) is 54.6 Å². The number of carbonyl (C=O) groups is 1. The standard InChI is InChI=1S/C21H18N2O2S/c1-13-6-7-18-15(8-13)10-16-11-19(26-21(16)23-18)20(24)22-12-14-4-3-5-17(9-14)25-2/h3-11H,12H2,1-2H3,(H,22,24). The van der Waals surface area contributed by atoms with E-state index in [1.807, 2.05) is 36.4 Å². The number of methoxy groups -OCH3 is 1. The fraction of sp³-hybridized carbons (Fsp3) is 0.143. The van der Waals surface area contributed by atoms with E-state index in [4.69, 9.17) is 4.74 Å². The number of pyridine rings is 1. The highest BCUT2D eigenvalue weighted by molar-refractivity contribution is 7.20. The van der Waals surface area contributed by atoms with E-state index in [9.17, 15) is 4.79 Å². The number of aryl methyl sites for hydroxylation is 1. The molecule has 5 heteroatoms. The number of amides is 1. The van der Waals surface area contributed by atoms with Crippen molar-refractivity contribution in [1.29, 1.82) is 0 Å². The lowest BCUT2D eigenvalue weighted by molar-refractivity contribution is 0.0955. The number of thiophene rings is 1. The van der Waals surface area contributed by atoms with Crippen LogP contribution in [0.2, 0.25) is 0 Å². The number of hydrogen-bond donors (Lipinski definition) is 1. The van der Waals surface area contributed by atoms with Crippen LogP contribution < -0.4 is 10.1 Å². The Kier molecular flexibility index (Phi) is 4.31. The molecule has 0 aliphatic carbocycles. The zero-order valence-corrected chi connectivity index (χ0v) is 15.4. The summed E-state index contributed by atoms with van der Waals surface area (Å²) in [6.07, 6.45) is 0. The monoisotopic (exact) mass is 362 g/mol. The molecule has 0 spiro atoms. The van der Waals surface area contributed by atoms with Crippen molar-refractivity contribution in [3.8, 4) is 5.75 Å². The van der Waals surface area contributed by atoms with Gasteiger partial charge in [0.1, 0.15) is 10.6 Å². The first-order valence-electron chi connectivity index (χ1n) is 8.34. The van der Waals surface area contributed by atoms with Crippen LogP contribution in [0.3, 0.4) is 0 Å². The molecule has 4 nitrogen and oxygen atoms in total. The molecule has 4 rings (SSSR count). The molecule has 1 N–H and O–H groups in total. The van der Waals surface area contributed by atoms with Crippen LogP contribution in [0.4, 0.5) is 0 Å². The molecule has 1 amide bonds. The molecule has 26 heavy (non-hydrogen) atoms. The van der Waals surface area contributed by atoms with Crippen molar-refractivity contribution in [2.24, 2.45) is 0 Å². The van der Waals surface area contributed by atoms with Gasteiger partial charge >= 0.3 is 0 Å². The van der Waals surface area contributed by atoms with E-state index < -0.39 is 0 Å². The highest BCUT2D eigenvalue weighted by Crippen LogP contribution is 2.28. The van der Waals surface area contributed by atoms with Crippen LogP contribution in [0.1, 0.15) is 20.8 Å². The molecule has 0 saturated heterocycles. The number of aromatic nitrogens is 1. The van der Waals surface area contributed by atoms with Crippen molar-refractivity contribution >= 4 is 38.4 Å². The van der Waals surface area contributed by atoms with Crippen molar-refractivity contribution < 1.29 is 9.53 Å². The van der Waals surface area contributed by atoms with Gasteiger partial charge in [-0.2, -0.15) is 0 Å². The van der Waals surface area contributed by atoms with E-state index in [-0.39, 0.29) is 5.91 Å². The summed E-state index contributed by atoms with van der Waals surface area (Å²) in [7, 11) is 1.63. The summed E-state index contributed by atoms with van der Waals surface area (Å²) in [5.41, 5.74) is 3.15. The number of rotatable bonds is 4. The predicted octanol–water partition coefficient (Wildman–Crippen LogP) is 4.70. The predicted molar refractivity (Wildman–Crippen MR) is 106 cm³/mol. The third-order valence-electron chi connectivity index (χ3n) is 4.27. The summed E-state index contributed by atoms with van der Waals surface area (Å²) < 4.78 is 5.21. The zero-order chi connectivity index (χ0) is 18.1. The Bertz CT molecular complexity index is 1120. The number of carbonyl (C=O) groups excluding carboxylic acids is 1. The Morgan fingerprint density at radius 1 is 1.12 bits per heavy atom. The maximum Gasteiger partial charge on any atom is 0.261 e. The molecule has 0 saturated carbocycles. The van der Waals surface area contributed by atoms with E-state index in [2.05, 4.69) is 35.4 Å². The maximum absolute atomic E-state index is 12.5. The van der Waals surface area contributed by atoms with Gasteiger partial charge in [-0.25, -0.2) is 4.98 Å². The SMILES string of the molecule is COc1cccc(CNC(=O)c2cc3cc4cc(C)ccc4nc3s2)c1. The molecule has 2 aromatic heterocycles. The molecule has 0 fully saturated rings. The van der Waals surface area contributed by atoms with Gasteiger partial charge in [-0.3, -0.25) is 4.79 Å². The quantitative estimate of drug-likeness (QED) is 0.573. The smallest absolute Gasteiger partial charge is 0.261 e. The second-order valence-electron chi connectivity index (χ2n) is 6.22. The second kappa shape index (κ2) is 6.77. The molecule has 2 heterocycles. The number of ether oxygens (including phenoxy) is 1. The van der Waals surface area contributed by atoms with Crippen LogP contribution >= 0.6 is 11.3 Å². The molecule has 0 radical (unpaired) electrons. The fourth-order valence-electron chi connectivity index (χ4n) is 2.92. The van der Waals surface area contributed by atoms with Gasteiger partial charge in [0.05, 0.1) is 17.5 Å². The summed E-state index contributed by atoms with van der Waals surface area (Å²) in [5, 5.41) is 5.06. The van der Waals surface area contributed by atoms with Gasteiger partial charge in [0.25, 0.3) is 5.91 Å². The molecule has 2 aromatic carbocycles. The van der Waals surface area contributed by atoms with E-state index in [0.29, 0.717) is 11.4 Å². The van der Waals surface area contributed by atoms with E-state index in [1.54, 1.807) is 7.11 Å². The minimum absolute atomic E-state index is 0.0870. The van der Waals surface area contributed by atoms with Crippen molar-refractivity contribution in [2.75, 3.05) is 7.11 Å². The lowest BCUT2D eigenvalue weighted by Crippen LogP contribution is -2.21. The minimum atomic E-state index is -0.0870. The van der Waals surface area contributed by atoms with Gasteiger partial charge < -0.3 is 10.1 Å². The van der Waals surface area contributed by atoms with E-state index in [0.717, 1.165) is 32.4 Å². The number of fused-ring (bicyclic) bond motifs is 2. The molecule has 0 unspecified atom stereocenters. The molecular weight excluding hydrogens is 344 g/mol. The first kappa shape index (κ1) is 16.5. The van der Waals surface area contributed by atoms with Gasteiger partial charge in [0, 0.05) is 17.3 Å². The second-order valence-corrected chi connectivity index (χ2v) is 7.25. The number of nitrogens with one attached hydrogen (secondary N) is 1. The zero-order valence-electron chi connectivity index (χ0n) is 14.6. The lowest BCUT2D eigenvalue weighted by Gasteiger charge is -2.05. The van der Waals surface area contributed by atoms with Crippen LogP contribution in [0.25, 0.3) is 21.1 Å². The summed E-state index contributed by atoms with van der Waals surface area (Å²) in [5.74, 6) is 0.695. The Morgan fingerprint density at radius 3 is 2.85 bits per heavy atom. The number of benzene rings is 2. The van der Waals surface area contributed by atoms with E-state index >= 15 is 0 Å². The Balaban J connectivity index is 1.57. The van der Waals surface area contributed by atoms with Gasteiger partial charge in [0.15, 0.2) is 0 Å². The topological polar surface area (TPSA) is 51.2 Å². The van der Waals surface area contributed by atoms with Crippen molar-refractivity contribution in [3.63, 3.8) is 0 Å². The first-order chi connectivity index (χ1) is 12.6. The molecule has 0 atom stereocenters. The van der Waals surface area contributed by atoms with E-state index in [1.165, 1.54) is 16.9 Å². The molecule has 0 aliphatic rings. The normalized spacial score (nSPS) is 11.0. The minimum Gasteiger partial charge on any atom is -0.497 e. The lowest BCUT2D eigenvalue weighted by atomic mass is 10.1. The fourth-order valence-corrected chi connectivity index (χ4v) is 3.86. The molecule has 0 aliphatic heterocycles. The largest absolute Gasteiger partial charge is 0.497 e. The highest BCUT2D eigenvalue weighted by atomic mass is 32.1. The van der Waals surface area contributed by atoms with Crippen molar-refractivity contribution in [1.82, 2.24) is 10.3 Å². The van der Waals surface area contributed by atoms with Gasteiger partial charge in [-0.05, 0) is 48.9 Å². The average molecular weight is 362 g/mol. The van der Waals surface area contributed by atoms with Crippen LogP contribution in [-0.4, -0.2) is 18.0 Å². The number of hydrogen-bond acceptors (Lipinski definition) is 4. The first-order valence-corrected chi connectivity index (χ1v) is 9.16. The van der Waals surface area contributed by atoms with Gasteiger partial charge in [0.2, 0.25) is 0 Å². The molecule has 0 bridgehead atoms. The Morgan fingerprint density at radius 2 is 2.00 bits per heavy atom. The average Bonchev–Trinajstić information content (AvgIpc) is 3.07. The maximum atomic E-state index is 12.5. The summed E-state index contributed by atoms with van der Waals surface area (Å²) in [6, 6.07) is 17.9. The van der Waals surface area contributed by atoms with Crippen molar-refractivity contribution in [2.45, 2.75) is 13.5 Å². The van der Waals surface area contributed by atoms with Gasteiger partial charge in [-0.1, -0.05) is 23.8 Å². The van der Waals surface area contributed by atoms with Crippen LogP contribution in [0, 0.1) is 6.92 Å². The van der Waals surface area contributed by atoms with Crippen LogP contribution in [-0.2, 0) is 6.54 Å².